The van der Waals surface area contributed by atoms with Crippen LogP contribution in [0.3, 0.4) is 0 Å². The molecule has 0 fully saturated rings. The molecule has 0 atom stereocenters. The van der Waals surface area contributed by atoms with Gasteiger partial charge in [-0.25, -0.2) is 17.9 Å². The van der Waals surface area contributed by atoms with E-state index in [0.717, 1.165) is 12.1 Å². The van der Waals surface area contributed by atoms with Crippen molar-refractivity contribution in [2.24, 2.45) is 5.14 Å². The van der Waals surface area contributed by atoms with E-state index in [4.69, 9.17) is 5.14 Å². The number of halogens is 1. The monoisotopic (exact) mass is 233 g/mol. The van der Waals surface area contributed by atoms with Gasteiger partial charge in [0.1, 0.15) is 16.5 Å². The van der Waals surface area contributed by atoms with Crippen LogP contribution >= 0.6 is 0 Å². The molecule has 82 valence electrons. The Bertz CT molecular complexity index is 498. The minimum atomic E-state index is -4.18. The fraction of sp³-hybridized carbons (Fsp3) is 0.125. The standard InChI is InChI=1S/C8H8FNO4S/c1-14-7-3-6(9)8(15(10,12)13)2-5(7)4-11/h2-4H,1H3,(H2,10,12,13). The Morgan fingerprint density at radius 2 is 2.07 bits per heavy atom. The lowest BCUT2D eigenvalue weighted by Crippen LogP contribution is -2.14. The molecule has 0 aliphatic carbocycles. The molecule has 0 saturated carbocycles. The predicted molar refractivity (Wildman–Crippen MR) is 49.7 cm³/mol. The quantitative estimate of drug-likeness (QED) is 0.760. The van der Waals surface area contributed by atoms with Crippen molar-refractivity contribution in [1.82, 2.24) is 0 Å². The highest BCUT2D eigenvalue weighted by atomic mass is 32.2. The van der Waals surface area contributed by atoms with Crippen LogP contribution in [0.2, 0.25) is 0 Å². The van der Waals surface area contributed by atoms with E-state index in [1.165, 1.54) is 7.11 Å². The van der Waals surface area contributed by atoms with Gasteiger partial charge in [-0.1, -0.05) is 0 Å². The number of ether oxygens (including phenoxy) is 1. The molecule has 7 heteroatoms. The van der Waals surface area contributed by atoms with Crippen molar-refractivity contribution in [3.8, 4) is 5.75 Å². The van der Waals surface area contributed by atoms with Crippen LogP contribution in [-0.4, -0.2) is 21.8 Å². The van der Waals surface area contributed by atoms with E-state index in [9.17, 15) is 17.6 Å². The van der Waals surface area contributed by atoms with Gasteiger partial charge in [-0.2, -0.15) is 0 Å². The number of nitrogens with two attached hydrogens (primary N) is 1. The normalized spacial score (nSPS) is 11.1. The number of carbonyl (C=O) groups is 1. The van der Waals surface area contributed by atoms with Gasteiger partial charge in [-0.05, 0) is 6.07 Å². The molecule has 0 heterocycles. The van der Waals surface area contributed by atoms with Gasteiger partial charge in [-0.3, -0.25) is 4.79 Å². The van der Waals surface area contributed by atoms with Gasteiger partial charge in [0, 0.05) is 6.07 Å². The zero-order chi connectivity index (χ0) is 11.6. The summed E-state index contributed by atoms with van der Waals surface area (Å²) in [6.45, 7) is 0. The highest BCUT2D eigenvalue weighted by molar-refractivity contribution is 7.89. The lowest BCUT2D eigenvalue weighted by Gasteiger charge is -2.06. The van der Waals surface area contributed by atoms with Gasteiger partial charge in [-0.15, -0.1) is 0 Å². The summed E-state index contributed by atoms with van der Waals surface area (Å²) in [6.07, 6.45) is 0.354. The topological polar surface area (TPSA) is 86.5 Å². The zero-order valence-electron chi connectivity index (χ0n) is 7.73. The first-order chi connectivity index (χ1) is 6.90. The largest absolute Gasteiger partial charge is 0.496 e. The van der Waals surface area contributed by atoms with Crippen LogP contribution in [0.15, 0.2) is 17.0 Å². The molecule has 0 spiro atoms. The summed E-state index contributed by atoms with van der Waals surface area (Å²) < 4.78 is 39.7. The third kappa shape index (κ3) is 2.31. The first-order valence-electron chi connectivity index (χ1n) is 3.75. The van der Waals surface area contributed by atoms with E-state index in [2.05, 4.69) is 4.74 Å². The van der Waals surface area contributed by atoms with Crippen molar-refractivity contribution in [2.45, 2.75) is 4.90 Å². The molecule has 0 amide bonds. The molecule has 5 nitrogen and oxygen atoms in total. The maximum absolute atomic E-state index is 13.2. The molecule has 0 radical (unpaired) electrons. The number of hydrogen-bond acceptors (Lipinski definition) is 4. The molecule has 0 unspecified atom stereocenters. The van der Waals surface area contributed by atoms with Crippen molar-refractivity contribution >= 4 is 16.3 Å². The second-order valence-electron chi connectivity index (χ2n) is 2.69. The van der Waals surface area contributed by atoms with Crippen LogP contribution < -0.4 is 9.88 Å². The van der Waals surface area contributed by atoms with Crippen LogP contribution in [0, 0.1) is 5.82 Å². The van der Waals surface area contributed by atoms with E-state index in [1.54, 1.807) is 0 Å². The maximum atomic E-state index is 13.2. The first kappa shape index (κ1) is 11.6. The minimum Gasteiger partial charge on any atom is -0.496 e. The molecular weight excluding hydrogens is 225 g/mol. The van der Waals surface area contributed by atoms with Crippen molar-refractivity contribution in [1.29, 1.82) is 0 Å². The number of hydrogen-bond donors (Lipinski definition) is 1. The van der Waals surface area contributed by atoms with Gasteiger partial charge in [0.2, 0.25) is 10.0 Å². The Kier molecular flexibility index (Phi) is 3.06. The molecule has 1 aromatic rings. The predicted octanol–water partition coefficient (Wildman–Crippen LogP) is 0.294. The summed E-state index contributed by atoms with van der Waals surface area (Å²) in [6, 6.07) is 1.62. The summed E-state index contributed by atoms with van der Waals surface area (Å²) >= 11 is 0. The molecular formula is C8H8FNO4S. The van der Waals surface area contributed by atoms with Crippen molar-refractivity contribution < 1.29 is 22.3 Å². The molecule has 1 rings (SSSR count). The summed E-state index contributed by atoms with van der Waals surface area (Å²) in [5, 5.41) is 4.75. The number of sulfonamides is 1. The average Bonchev–Trinajstić information content (AvgIpc) is 2.15. The summed E-state index contributed by atoms with van der Waals surface area (Å²) in [4.78, 5) is 9.81. The molecule has 0 bridgehead atoms. The molecule has 1 aromatic carbocycles. The fourth-order valence-corrected chi connectivity index (χ4v) is 1.66. The number of rotatable bonds is 3. The van der Waals surface area contributed by atoms with E-state index in [-0.39, 0.29) is 11.3 Å². The minimum absolute atomic E-state index is 0.0464. The third-order valence-electron chi connectivity index (χ3n) is 1.72. The first-order valence-corrected chi connectivity index (χ1v) is 5.30. The van der Waals surface area contributed by atoms with Crippen LogP contribution in [-0.2, 0) is 10.0 Å². The van der Waals surface area contributed by atoms with E-state index < -0.39 is 20.7 Å². The number of primary sulfonamides is 1. The van der Waals surface area contributed by atoms with Crippen LogP contribution in [0.4, 0.5) is 4.39 Å². The maximum Gasteiger partial charge on any atom is 0.240 e. The Hall–Kier alpha value is -1.47. The van der Waals surface area contributed by atoms with Crippen LogP contribution in [0.25, 0.3) is 0 Å². The Balaban J connectivity index is 3.53. The molecule has 0 aliphatic heterocycles. The SMILES string of the molecule is COc1cc(F)c(S(N)(=O)=O)cc1C=O. The number of methoxy groups -OCH3 is 1. The average molecular weight is 233 g/mol. The van der Waals surface area contributed by atoms with Gasteiger partial charge < -0.3 is 4.74 Å². The van der Waals surface area contributed by atoms with Crippen molar-refractivity contribution in [2.75, 3.05) is 7.11 Å². The third-order valence-corrected chi connectivity index (χ3v) is 2.64. The summed E-state index contributed by atoms with van der Waals surface area (Å²) in [7, 11) is -2.95. The van der Waals surface area contributed by atoms with Gasteiger partial charge >= 0.3 is 0 Å². The van der Waals surface area contributed by atoms with E-state index in [0.29, 0.717) is 6.29 Å². The second kappa shape index (κ2) is 3.95. The van der Waals surface area contributed by atoms with E-state index in [1.807, 2.05) is 0 Å². The van der Waals surface area contributed by atoms with Gasteiger partial charge in [0.15, 0.2) is 6.29 Å². The summed E-state index contributed by atoms with van der Waals surface area (Å²) in [5.74, 6) is -1.10. The fourth-order valence-electron chi connectivity index (χ4n) is 1.04. The number of benzene rings is 1. The molecule has 0 aliphatic rings. The van der Waals surface area contributed by atoms with Gasteiger partial charge in [0.05, 0.1) is 12.7 Å². The highest BCUT2D eigenvalue weighted by Gasteiger charge is 2.18. The lowest BCUT2D eigenvalue weighted by atomic mass is 10.2. The molecule has 0 aromatic heterocycles. The Morgan fingerprint density at radius 3 is 2.47 bits per heavy atom. The zero-order valence-corrected chi connectivity index (χ0v) is 8.55. The van der Waals surface area contributed by atoms with Crippen molar-refractivity contribution in [3.63, 3.8) is 0 Å². The smallest absolute Gasteiger partial charge is 0.240 e. The Morgan fingerprint density at radius 1 is 1.47 bits per heavy atom. The Labute approximate surface area is 85.7 Å². The molecule has 0 saturated heterocycles. The van der Waals surface area contributed by atoms with Crippen LogP contribution in [0.5, 0.6) is 5.75 Å². The lowest BCUT2D eigenvalue weighted by molar-refractivity contribution is 0.112. The number of carbonyl (C=O) groups excluding carboxylic acids is 1. The van der Waals surface area contributed by atoms with Crippen molar-refractivity contribution in [3.05, 3.63) is 23.5 Å². The highest BCUT2D eigenvalue weighted by Crippen LogP contribution is 2.23. The number of aldehydes is 1. The molecule has 15 heavy (non-hydrogen) atoms. The van der Waals surface area contributed by atoms with Gasteiger partial charge in [0.25, 0.3) is 0 Å². The second-order valence-corrected chi connectivity index (χ2v) is 4.22. The molecule has 2 N–H and O–H groups in total. The summed E-state index contributed by atoms with van der Waals surface area (Å²) in [5.41, 5.74) is -0.0806. The van der Waals surface area contributed by atoms with Crippen LogP contribution in [0.1, 0.15) is 10.4 Å². The van der Waals surface area contributed by atoms with E-state index >= 15 is 0 Å².